The Bertz CT molecular complexity index is 334. The van der Waals surface area contributed by atoms with E-state index >= 15 is 0 Å². The lowest BCUT2D eigenvalue weighted by atomic mass is 9.79. The lowest BCUT2D eigenvalue weighted by Crippen LogP contribution is -2.44. The summed E-state index contributed by atoms with van der Waals surface area (Å²) in [6.45, 7) is 3.15. The SMILES string of the molecule is CCN(C)C1CC(c2ccccc2)CCC1O. The molecule has 0 amide bonds. The number of hydrogen-bond donors (Lipinski definition) is 1. The molecule has 1 fully saturated rings. The largest absolute Gasteiger partial charge is 0.391 e. The highest BCUT2D eigenvalue weighted by atomic mass is 16.3. The van der Waals surface area contributed by atoms with Crippen molar-refractivity contribution in [2.45, 2.75) is 44.2 Å². The average Bonchev–Trinajstić information content (AvgIpc) is 2.39. The summed E-state index contributed by atoms with van der Waals surface area (Å²) in [4.78, 5) is 2.28. The molecule has 0 saturated heterocycles. The van der Waals surface area contributed by atoms with Crippen molar-refractivity contribution in [3.05, 3.63) is 35.9 Å². The van der Waals surface area contributed by atoms with E-state index in [0.717, 1.165) is 25.8 Å². The normalized spacial score (nSPS) is 29.5. The van der Waals surface area contributed by atoms with E-state index < -0.39 is 0 Å². The number of likely N-dealkylation sites (N-methyl/N-ethyl adjacent to an activating group) is 1. The van der Waals surface area contributed by atoms with Gasteiger partial charge < -0.3 is 10.0 Å². The number of rotatable bonds is 3. The molecule has 94 valence electrons. The third kappa shape index (κ3) is 2.88. The zero-order valence-electron chi connectivity index (χ0n) is 10.8. The molecule has 1 aliphatic rings. The average molecular weight is 233 g/mol. The zero-order chi connectivity index (χ0) is 12.3. The van der Waals surface area contributed by atoms with E-state index in [1.807, 2.05) is 0 Å². The van der Waals surface area contributed by atoms with Crippen molar-refractivity contribution in [3.63, 3.8) is 0 Å². The number of benzene rings is 1. The summed E-state index contributed by atoms with van der Waals surface area (Å²) < 4.78 is 0. The fourth-order valence-electron chi connectivity index (χ4n) is 2.87. The van der Waals surface area contributed by atoms with Crippen molar-refractivity contribution in [1.29, 1.82) is 0 Å². The van der Waals surface area contributed by atoms with E-state index in [2.05, 4.69) is 49.2 Å². The zero-order valence-corrected chi connectivity index (χ0v) is 10.8. The molecule has 0 bridgehead atoms. The maximum atomic E-state index is 10.1. The molecule has 2 nitrogen and oxygen atoms in total. The van der Waals surface area contributed by atoms with Crippen LogP contribution in [0.1, 0.15) is 37.7 Å². The van der Waals surface area contributed by atoms with Gasteiger partial charge >= 0.3 is 0 Å². The van der Waals surface area contributed by atoms with Gasteiger partial charge in [0.15, 0.2) is 0 Å². The number of aliphatic hydroxyl groups is 1. The minimum atomic E-state index is -0.153. The molecule has 2 heteroatoms. The van der Waals surface area contributed by atoms with Crippen LogP contribution in [0.25, 0.3) is 0 Å². The van der Waals surface area contributed by atoms with Gasteiger partial charge in [-0.2, -0.15) is 0 Å². The van der Waals surface area contributed by atoms with Gasteiger partial charge in [0.2, 0.25) is 0 Å². The number of nitrogens with zero attached hydrogens (tertiary/aromatic N) is 1. The minimum absolute atomic E-state index is 0.153. The molecule has 0 heterocycles. The summed E-state index contributed by atoms with van der Waals surface area (Å²) in [5.74, 6) is 0.610. The van der Waals surface area contributed by atoms with E-state index in [0.29, 0.717) is 12.0 Å². The maximum Gasteiger partial charge on any atom is 0.0695 e. The van der Waals surface area contributed by atoms with Crippen LogP contribution in [0.3, 0.4) is 0 Å². The molecule has 3 atom stereocenters. The quantitative estimate of drug-likeness (QED) is 0.867. The standard InChI is InChI=1S/C15H23NO/c1-3-16(2)14-11-13(9-10-15(14)17)12-7-5-4-6-8-12/h4-8,13-15,17H,3,9-11H2,1-2H3. The fraction of sp³-hybridized carbons (Fsp3) is 0.600. The van der Waals surface area contributed by atoms with Crippen LogP contribution >= 0.6 is 0 Å². The van der Waals surface area contributed by atoms with E-state index in [1.165, 1.54) is 5.56 Å². The van der Waals surface area contributed by atoms with Crippen molar-refractivity contribution in [1.82, 2.24) is 4.90 Å². The first-order valence-electron chi connectivity index (χ1n) is 6.65. The van der Waals surface area contributed by atoms with Gasteiger partial charge in [-0.05, 0) is 44.3 Å². The molecule has 17 heavy (non-hydrogen) atoms. The number of hydrogen-bond acceptors (Lipinski definition) is 2. The Morgan fingerprint density at radius 1 is 1.24 bits per heavy atom. The van der Waals surface area contributed by atoms with Gasteiger partial charge in [-0.1, -0.05) is 37.3 Å². The van der Waals surface area contributed by atoms with Gasteiger partial charge in [-0.15, -0.1) is 0 Å². The van der Waals surface area contributed by atoms with Crippen molar-refractivity contribution >= 4 is 0 Å². The molecular weight excluding hydrogens is 210 g/mol. The summed E-state index contributed by atoms with van der Waals surface area (Å²) in [5, 5.41) is 10.1. The third-order valence-corrected chi connectivity index (χ3v) is 4.12. The van der Waals surface area contributed by atoms with Gasteiger partial charge in [-0.25, -0.2) is 0 Å². The second kappa shape index (κ2) is 5.65. The first-order chi connectivity index (χ1) is 8.22. The molecule has 1 saturated carbocycles. The summed E-state index contributed by atoms with van der Waals surface area (Å²) in [6.07, 6.45) is 2.96. The van der Waals surface area contributed by atoms with Crippen LogP contribution in [0.15, 0.2) is 30.3 Å². The molecule has 1 N–H and O–H groups in total. The van der Waals surface area contributed by atoms with Gasteiger partial charge in [0.1, 0.15) is 0 Å². The fourth-order valence-corrected chi connectivity index (χ4v) is 2.87. The summed E-state index contributed by atoms with van der Waals surface area (Å²) in [6, 6.07) is 11.0. The summed E-state index contributed by atoms with van der Waals surface area (Å²) in [7, 11) is 2.11. The monoisotopic (exact) mass is 233 g/mol. The van der Waals surface area contributed by atoms with E-state index in [1.54, 1.807) is 0 Å². The summed E-state index contributed by atoms with van der Waals surface area (Å²) >= 11 is 0. The van der Waals surface area contributed by atoms with E-state index in [4.69, 9.17) is 0 Å². The van der Waals surface area contributed by atoms with E-state index in [9.17, 15) is 5.11 Å². The molecule has 1 aromatic carbocycles. The highest BCUT2D eigenvalue weighted by Crippen LogP contribution is 2.34. The summed E-state index contributed by atoms with van der Waals surface area (Å²) in [5.41, 5.74) is 1.42. The van der Waals surface area contributed by atoms with Gasteiger partial charge in [0.05, 0.1) is 6.10 Å². The van der Waals surface area contributed by atoms with Crippen molar-refractivity contribution in [2.24, 2.45) is 0 Å². The van der Waals surface area contributed by atoms with Gasteiger partial charge in [-0.3, -0.25) is 0 Å². The molecule has 1 aliphatic carbocycles. The molecule has 0 aliphatic heterocycles. The predicted octanol–water partition coefficient (Wildman–Crippen LogP) is 2.64. The lowest BCUT2D eigenvalue weighted by Gasteiger charge is -2.38. The minimum Gasteiger partial charge on any atom is -0.391 e. The molecule has 0 aromatic heterocycles. The molecule has 0 radical (unpaired) electrons. The van der Waals surface area contributed by atoms with Crippen LogP contribution < -0.4 is 0 Å². The first-order valence-corrected chi connectivity index (χ1v) is 6.65. The van der Waals surface area contributed by atoms with Crippen LogP contribution in [-0.2, 0) is 0 Å². The maximum absolute atomic E-state index is 10.1. The van der Waals surface area contributed by atoms with Crippen molar-refractivity contribution in [3.8, 4) is 0 Å². The van der Waals surface area contributed by atoms with Crippen LogP contribution in [-0.4, -0.2) is 35.7 Å². The Balaban J connectivity index is 2.08. The lowest BCUT2D eigenvalue weighted by molar-refractivity contribution is 0.0278. The predicted molar refractivity (Wildman–Crippen MR) is 71.1 cm³/mol. The van der Waals surface area contributed by atoms with Crippen LogP contribution in [0, 0.1) is 0 Å². The Morgan fingerprint density at radius 3 is 2.59 bits per heavy atom. The van der Waals surface area contributed by atoms with Crippen molar-refractivity contribution < 1.29 is 5.11 Å². The van der Waals surface area contributed by atoms with Crippen molar-refractivity contribution in [2.75, 3.05) is 13.6 Å². The molecule has 0 spiro atoms. The highest BCUT2D eigenvalue weighted by molar-refractivity contribution is 5.20. The van der Waals surface area contributed by atoms with Crippen LogP contribution in [0.2, 0.25) is 0 Å². The third-order valence-electron chi connectivity index (χ3n) is 4.12. The van der Waals surface area contributed by atoms with Gasteiger partial charge in [0, 0.05) is 6.04 Å². The molecule has 3 unspecified atom stereocenters. The Labute approximate surface area is 104 Å². The van der Waals surface area contributed by atoms with E-state index in [-0.39, 0.29) is 6.10 Å². The highest BCUT2D eigenvalue weighted by Gasteiger charge is 2.31. The topological polar surface area (TPSA) is 23.5 Å². The Kier molecular flexibility index (Phi) is 4.19. The molecule has 1 aromatic rings. The Morgan fingerprint density at radius 2 is 1.94 bits per heavy atom. The second-order valence-corrected chi connectivity index (χ2v) is 5.13. The second-order valence-electron chi connectivity index (χ2n) is 5.13. The number of aliphatic hydroxyl groups excluding tert-OH is 1. The molecular formula is C15H23NO. The molecule has 2 rings (SSSR count). The van der Waals surface area contributed by atoms with Crippen LogP contribution in [0.5, 0.6) is 0 Å². The Hall–Kier alpha value is -0.860. The smallest absolute Gasteiger partial charge is 0.0695 e. The van der Waals surface area contributed by atoms with Gasteiger partial charge in [0.25, 0.3) is 0 Å². The van der Waals surface area contributed by atoms with Crippen LogP contribution in [0.4, 0.5) is 0 Å². The first kappa shape index (κ1) is 12.6.